The number of carbonyl (C=O) groups is 1. The number of amides is 1. The largest absolute Gasteiger partial charge is 0.416 e. The maximum atomic E-state index is 14.4. The van der Waals surface area contributed by atoms with Crippen LogP contribution in [0, 0.1) is 0 Å². The number of alkyl halides is 12. The molecule has 0 saturated carbocycles. The van der Waals surface area contributed by atoms with Crippen molar-refractivity contribution in [3.63, 3.8) is 0 Å². The van der Waals surface area contributed by atoms with Gasteiger partial charge in [0.25, 0.3) is 0 Å². The lowest BCUT2D eigenvalue weighted by atomic mass is 9.77. The summed E-state index contributed by atoms with van der Waals surface area (Å²) in [6, 6.07) is 0.0568. The van der Waals surface area contributed by atoms with Crippen molar-refractivity contribution in [3.05, 3.63) is 58.3 Å². The third kappa shape index (κ3) is 6.35. The number of halogens is 12. The van der Waals surface area contributed by atoms with Gasteiger partial charge in [0, 0.05) is 37.8 Å². The number of hydrogen-bond donors (Lipinski definition) is 1. The van der Waals surface area contributed by atoms with Crippen molar-refractivity contribution in [2.75, 3.05) is 18.0 Å². The smallest absolute Gasteiger partial charge is 0.355 e. The first kappa shape index (κ1) is 30.3. The van der Waals surface area contributed by atoms with Crippen LogP contribution in [0.3, 0.4) is 0 Å². The third-order valence-corrected chi connectivity index (χ3v) is 6.35. The number of aromatic nitrogens is 1. The lowest BCUT2D eigenvalue weighted by Crippen LogP contribution is -2.45. The fourth-order valence-corrected chi connectivity index (χ4v) is 4.24. The molecule has 1 aliphatic rings. The molecular weight excluding hydrogens is 562 g/mol. The van der Waals surface area contributed by atoms with Crippen LogP contribution in [0.1, 0.15) is 47.6 Å². The SMILES string of the molecule is CCC(=O)NCc1cnc(N2CCC(c3cc(C(F)(F)F)cc(C(F)(F)F)c3)(C(F)(F)F)C2)cc1C(F)(F)F. The molecule has 16 heteroatoms. The van der Waals surface area contributed by atoms with E-state index in [1.807, 2.05) is 0 Å². The van der Waals surface area contributed by atoms with Crippen molar-refractivity contribution in [2.45, 2.75) is 56.4 Å². The molecule has 216 valence electrons. The first-order chi connectivity index (χ1) is 17.7. The van der Waals surface area contributed by atoms with Crippen molar-refractivity contribution >= 4 is 11.7 Å². The lowest BCUT2D eigenvalue weighted by molar-refractivity contribution is -0.185. The Hall–Kier alpha value is -3.20. The van der Waals surface area contributed by atoms with Crippen LogP contribution < -0.4 is 10.2 Å². The van der Waals surface area contributed by atoms with Gasteiger partial charge in [-0.05, 0) is 36.2 Å². The van der Waals surface area contributed by atoms with Gasteiger partial charge in [0.15, 0.2) is 0 Å². The van der Waals surface area contributed by atoms with E-state index in [0.29, 0.717) is 17.2 Å². The number of nitrogens with one attached hydrogen (secondary N) is 1. The summed E-state index contributed by atoms with van der Waals surface area (Å²) in [6.07, 6.45) is -21.6. The second kappa shape index (κ2) is 10.1. The highest BCUT2D eigenvalue weighted by Crippen LogP contribution is 2.50. The van der Waals surface area contributed by atoms with E-state index in [1.165, 1.54) is 6.92 Å². The molecular formula is C23H19F12N3O. The van der Waals surface area contributed by atoms with E-state index in [-0.39, 0.29) is 24.6 Å². The van der Waals surface area contributed by atoms with Gasteiger partial charge in [-0.2, -0.15) is 52.7 Å². The maximum absolute atomic E-state index is 14.4. The van der Waals surface area contributed by atoms with Crippen LogP contribution >= 0.6 is 0 Å². The van der Waals surface area contributed by atoms with E-state index in [1.54, 1.807) is 0 Å². The summed E-state index contributed by atoms with van der Waals surface area (Å²) in [7, 11) is 0. The fourth-order valence-electron chi connectivity index (χ4n) is 4.24. The molecule has 39 heavy (non-hydrogen) atoms. The molecule has 1 aromatic heterocycles. The van der Waals surface area contributed by atoms with E-state index >= 15 is 0 Å². The molecule has 2 heterocycles. The molecule has 4 nitrogen and oxygen atoms in total. The zero-order valence-corrected chi connectivity index (χ0v) is 19.8. The van der Waals surface area contributed by atoms with E-state index in [2.05, 4.69) is 10.3 Å². The number of hydrogen-bond acceptors (Lipinski definition) is 3. The van der Waals surface area contributed by atoms with Gasteiger partial charge < -0.3 is 10.2 Å². The van der Waals surface area contributed by atoms with Crippen LogP contribution in [0.5, 0.6) is 0 Å². The van der Waals surface area contributed by atoms with Crippen molar-refractivity contribution in [2.24, 2.45) is 0 Å². The second-order valence-electron chi connectivity index (χ2n) is 8.87. The summed E-state index contributed by atoms with van der Waals surface area (Å²) >= 11 is 0. The molecule has 0 bridgehead atoms. The number of benzene rings is 1. The standard InChI is InChI=1S/C23H19F12N3O/c1-2-18(39)37-10-12-9-36-17(8-16(12)22(30,31)32)38-4-3-19(11-38,23(33,34)35)13-5-14(20(24,25)26)7-15(6-13)21(27,28)29/h5-9H,2-4,10-11H2,1H3,(H,37,39). The molecule has 0 spiro atoms. The minimum absolute atomic E-state index is 0.0275. The van der Waals surface area contributed by atoms with E-state index in [9.17, 15) is 57.5 Å². The highest BCUT2D eigenvalue weighted by molar-refractivity contribution is 5.75. The van der Waals surface area contributed by atoms with Gasteiger partial charge in [0.1, 0.15) is 11.2 Å². The minimum Gasteiger partial charge on any atom is -0.355 e. The molecule has 0 aliphatic carbocycles. The quantitative estimate of drug-likeness (QED) is 0.392. The van der Waals surface area contributed by atoms with Gasteiger partial charge in [-0.25, -0.2) is 4.98 Å². The molecule has 0 radical (unpaired) electrons. The molecule has 1 aromatic carbocycles. The van der Waals surface area contributed by atoms with Crippen molar-refractivity contribution in [3.8, 4) is 0 Å². The number of anilines is 1. The average molecular weight is 581 g/mol. The second-order valence-corrected chi connectivity index (χ2v) is 8.87. The average Bonchev–Trinajstić information content (AvgIpc) is 3.27. The zero-order chi connectivity index (χ0) is 29.6. The molecule has 1 amide bonds. The first-order valence-corrected chi connectivity index (χ1v) is 11.1. The van der Waals surface area contributed by atoms with Gasteiger partial charge in [-0.15, -0.1) is 0 Å². The van der Waals surface area contributed by atoms with Gasteiger partial charge in [-0.1, -0.05) is 6.92 Å². The molecule has 1 atom stereocenters. The summed E-state index contributed by atoms with van der Waals surface area (Å²) in [5.41, 5.74) is -10.3. The Labute approximate surface area is 213 Å². The lowest BCUT2D eigenvalue weighted by Gasteiger charge is -2.33. The zero-order valence-electron chi connectivity index (χ0n) is 19.8. The summed E-state index contributed by atoms with van der Waals surface area (Å²) in [6.45, 7) is -1.10. The molecule has 1 N–H and O–H groups in total. The van der Waals surface area contributed by atoms with E-state index in [4.69, 9.17) is 0 Å². The van der Waals surface area contributed by atoms with Crippen molar-refractivity contribution in [1.29, 1.82) is 0 Å². The molecule has 1 fully saturated rings. The number of rotatable bonds is 5. The third-order valence-electron chi connectivity index (χ3n) is 6.35. The Bertz CT molecular complexity index is 1180. The monoisotopic (exact) mass is 581 g/mol. The fraction of sp³-hybridized carbons (Fsp3) is 0.478. The Balaban J connectivity index is 2.09. The normalized spacial score (nSPS) is 18.9. The van der Waals surface area contributed by atoms with Crippen LogP contribution in [0.15, 0.2) is 30.5 Å². The summed E-state index contributed by atoms with van der Waals surface area (Å²) in [5.74, 6) is -1.21. The topological polar surface area (TPSA) is 45.2 Å². The highest BCUT2D eigenvalue weighted by Gasteiger charge is 2.60. The summed E-state index contributed by atoms with van der Waals surface area (Å²) in [5, 5.41) is 2.21. The maximum Gasteiger partial charge on any atom is 0.416 e. The molecule has 1 aliphatic heterocycles. The highest BCUT2D eigenvalue weighted by atomic mass is 19.4. The molecule has 3 rings (SSSR count). The van der Waals surface area contributed by atoms with Gasteiger partial charge in [0.2, 0.25) is 5.91 Å². The Morgan fingerprint density at radius 2 is 1.46 bits per heavy atom. The van der Waals surface area contributed by atoms with Gasteiger partial charge in [-0.3, -0.25) is 4.79 Å². The van der Waals surface area contributed by atoms with Gasteiger partial charge in [0.05, 0.1) is 16.7 Å². The summed E-state index contributed by atoms with van der Waals surface area (Å²) in [4.78, 5) is 15.9. The predicted octanol–water partition coefficient (Wildman–Crippen LogP) is 6.87. The predicted molar refractivity (Wildman–Crippen MR) is 112 cm³/mol. The van der Waals surface area contributed by atoms with Crippen LogP contribution in [-0.2, 0) is 35.3 Å². The van der Waals surface area contributed by atoms with Crippen molar-refractivity contribution in [1.82, 2.24) is 10.3 Å². The van der Waals surface area contributed by atoms with Crippen LogP contribution in [0.2, 0.25) is 0 Å². The number of pyridine rings is 1. The van der Waals surface area contributed by atoms with E-state index < -0.39 is 95.7 Å². The van der Waals surface area contributed by atoms with Crippen LogP contribution in [-0.4, -0.2) is 30.2 Å². The number of nitrogens with zero attached hydrogens (tertiary/aromatic N) is 2. The van der Waals surface area contributed by atoms with Gasteiger partial charge >= 0.3 is 24.7 Å². The van der Waals surface area contributed by atoms with Crippen LogP contribution in [0.25, 0.3) is 0 Å². The number of carbonyl (C=O) groups excluding carboxylic acids is 1. The Morgan fingerprint density at radius 3 is 1.92 bits per heavy atom. The molecule has 2 aromatic rings. The summed E-state index contributed by atoms with van der Waals surface area (Å²) < 4.78 is 164. The first-order valence-electron chi connectivity index (χ1n) is 11.1. The Morgan fingerprint density at radius 1 is 0.897 bits per heavy atom. The van der Waals surface area contributed by atoms with Crippen LogP contribution in [0.4, 0.5) is 58.5 Å². The Kier molecular flexibility index (Phi) is 7.84. The molecule has 1 saturated heterocycles. The minimum atomic E-state index is -5.41. The van der Waals surface area contributed by atoms with Crippen molar-refractivity contribution < 1.29 is 57.5 Å². The molecule has 1 unspecified atom stereocenters. The van der Waals surface area contributed by atoms with E-state index in [0.717, 1.165) is 0 Å².